The van der Waals surface area contributed by atoms with Gasteiger partial charge in [-0.25, -0.2) is 4.79 Å². The lowest BCUT2D eigenvalue weighted by atomic mass is 9.99. The van der Waals surface area contributed by atoms with Gasteiger partial charge in [0.05, 0.1) is 10.3 Å². The molecule has 8 heteroatoms. The summed E-state index contributed by atoms with van der Waals surface area (Å²) in [4.78, 5) is 32.7. The zero-order chi connectivity index (χ0) is 16.8. The molecule has 4 rings (SSSR count). The molecule has 0 spiro atoms. The van der Waals surface area contributed by atoms with Gasteiger partial charge in [-0.05, 0) is 33.1 Å². The Morgan fingerprint density at radius 1 is 1.38 bits per heavy atom. The fourth-order valence-electron chi connectivity index (χ4n) is 3.19. The molecular weight excluding hydrogens is 394 g/mol. The average molecular weight is 408 g/mol. The highest BCUT2D eigenvalue weighted by Crippen LogP contribution is 2.48. The van der Waals surface area contributed by atoms with Crippen LogP contribution in [0.1, 0.15) is 28.1 Å². The van der Waals surface area contributed by atoms with Gasteiger partial charge in [0.1, 0.15) is 18.7 Å². The lowest BCUT2D eigenvalue weighted by molar-refractivity contribution is -0.141. The number of amides is 3. The molecule has 2 aliphatic heterocycles. The molecule has 2 bridgehead atoms. The first-order chi connectivity index (χ1) is 11.6. The van der Waals surface area contributed by atoms with Crippen molar-refractivity contribution < 1.29 is 14.4 Å². The van der Waals surface area contributed by atoms with Gasteiger partial charge in [0, 0.05) is 4.88 Å². The van der Waals surface area contributed by atoms with Gasteiger partial charge in [-0.15, -0.1) is 11.3 Å². The van der Waals surface area contributed by atoms with Crippen LogP contribution < -0.4 is 5.73 Å². The number of benzene rings is 1. The zero-order valence-electron chi connectivity index (χ0n) is 12.5. The van der Waals surface area contributed by atoms with Crippen LogP contribution >= 0.6 is 27.3 Å². The van der Waals surface area contributed by atoms with E-state index in [1.807, 2.05) is 36.4 Å². The Hall–Kier alpha value is -1.90. The summed E-state index contributed by atoms with van der Waals surface area (Å²) < 4.78 is 0.906. The van der Waals surface area contributed by atoms with Crippen LogP contribution in [0, 0.1) is 0 Å². The molecule has 124 valence electrons. The molecule has 2 atom stereocenters. The van der Waals surface area contributed by atoms with Gasteiger partial charge in [-0.1, -0.05) is 30.3 Å². The van der Waals surface area contributed by atoms with E-state index in [4.69, 9.17) is 10.6 Å². The maximum Gasteiger partial charge on any atom is 0.345 e. The summed E-state index contributed by atoms with van der Waals surface area (Å²) >= 11 is 4.89. The zero-order valence-corrected chi connectivity index (χ0v) is 14.9. The number of urea groups is 1. The van der Waals surface area contributed by atoms with Gasteiger partial charge in [-0.3, -0.25) is 9.63 Å². The Morgan fingerprint density at radius 3 is 2.83 bits per heavy atom. The summed E-state index contributed by atoms with van der Waals surface area (Å²) in [7, 11) is 0. The second-order valence-corrected chi connectivity index (χ2v) is 8.17. The van der Waals surface area contributed by atoms with Gasteiger partial charge in [0.2, 0.25) is 5.91 Å². The van der Waals surface area contributed by atoms with E-state index < -0.39 is 11.9 Å². The lowest BCUT2D eigenvalue weighted by Gasteiger charge is -2.28. The van der Waals surface area contributed by atoms with Crippen LogP contribution in [-0.4, -0.2) is 28.4 Å². The lowest BCUT2D eigenvalue weighted by Crippen LogP contribution is -2.40. The van der Waals surface area contributed by atoms with Crippen LogP contribution in [0.25, 0.3) is 0 Å². The predicted molar refractivity (Wildman–Crippen MR) is 91.9 cm³/mol. The van der Waals surface area contributed by atoms with E-state index in [2.05, 4.69) is 15.9 Å². The Bertz CT molecular complexity index is 810. The van der Waals surface area contributed by atoms with Crippen molar-refractivity contribution in [1.82, 2.24) is 9.96 Å². The molecule has 2 aromatic rings. The van der Waals surface area contributed by atoms with Crippen molar-refractivity contribution in [3.8, 4) is 0 Å². The summed E-state index contributed by atoms with van der Waals surface area (Å²) in [6, 6.07) is 10.3. The van der Waals surface area contributed by atoms with Gasteiger partial charge < -0.3 is 10.6 Å². The summed E-state index contributed by atoms with van der Waals surface area (Å²) in [5.74, 6) is -0.526. The quantitative estimate of drug-likeness (QED) is 0.845. The largest absolute Gasteiger partial charge is 0.368 e. The smallest absolute Gasteiger partial charge is 0.345 e. The number of hydrogen-bond donors (Lipinski definition) is 1. The molecule has 6 nitrogen and oxygen atoms in total. The van der Waals surface area contributed by atoms with Crippen LogP contribution in [0.2, 0.25) is 0 Å². The van der Waals surface area contributed by atoms with Gasteiger partial charge >= 0.3 is 6.03 Å². The first-order valence-corrected chi connectivity index (χ1v) is 9.02. The topological polar surface area (TPSA) is 75.9 Å². The number of halogens is 1. The van der Waals surface area contributed by atoms with E-state index in [1.54, 1.807) is 0 Å². The SMILES string of the molecule is NC(=O)[C@@H]1c2sc(Br)cc2[C@@H]2CN1C(=O)N2OCc1ccccc1. The van der Waals surface area contributed by atoms with E-state index in [0.29, 0.717) is 13.2 Å². The second kappa shape index (κ2) is 5.87. The normalized spacial score (nSPS) is 22.0. The predicted octanol–water partition coefficient (Wildman–Crippen LogP) is 2.96. The van der Waals surface area contributed by atoms with Gasteiger partial charge in [-0.2, -0.15) is 5.06 Å². The number of carbonyl (C=O) groups excluding carboxylic acids is 2. The van der Waals surface area contributed by atoms with Crippen LogP contribution in [0.4, 0.5) is 4.79 Å². The number of hydrogen-bond acceptors (Lipinski definition) is 4. The third-order valence-electron chi connectivity index (χ3n) is 4.25. The van der Waals surface area contributed by atoms with Crippen molar-refractivity contribution in [2.75, 3.05) is 6.54 Å². The maximum absolute atomic E-state index is 12.7. The molecule has 2 aliphatic rings. The molecule has 24 heavy (non-hydrogen) atoms. The molecule has 1 aromatic carbocycles. The van der Waals surface area contributed by atoms with Crippen molar-refractivity contribution in [1.29, 1.82) is 0 Å². The first-order valence-electron chi connectivity index (χ1n) is 7.41. The number of carbonyl (C=O) groups is 2. The highest BCUT2D eigenvalue weighted by atomic mass is 79.9. The number of hydroxylamine groups is 2. The highest BCUT2D eigenvalue weighted by Gasteiger charge is 2.51. The summed E-state index contributed by atoms with van der Waals surface area (Å²) in [5, 5.41) is 1.37. The molecule has 3 amide bonds. The van der Waals surface area contributed by atoms with E-state index in [0.717, 1.165) is 19.8 Å². The molecule has 0 saturated carbocycles. The Balaban J connectivity index is 1.64. The van der Waals surface area contributed by atoms with Crippen molar-refractivity contribution in [2.45, 2.75) is 18.7 Å². The minimum atomic E-state index is -0.731. The van der Waals surface area contributed by atoms with Crippen molar-refractivity contribution in [3.63, 3.8) is 0 Å². The van der Waals surface area contributed by atoms with Crippen molar-refractivity contribution in [2.24, 2.45) is 5.73 Å². The molecule has 3 heterocycles. The molecule has 1 aromatic heterocycles. The summed E-state index contributed by atoms with van der Waals surface area (Å²) in [5.41, 5.74) is 7.44. The van der Waals surface area contributed by atoms with E-state index in [-0.39, 0.29) is 12.1 Å². The third kappa shape index (κ3) is 2.42. The fourth-order valence-corrected chi connectivity index (χ4v) is 5.02. The Morgan fingerprint density at radius 2 is 2.12 bits per heavy atom. The molecule has 1 fully saturated rings. The van der Waals surface area contributed by atoms with Crippen molar-refractivity contribution in [3.05, 3.63) is 56.2 Å². The Labute approximate surface area is 150 Å². The van der Waals surface area contributed by atoms with Gasteiger partial charge in [0.15, 0.2) is 0 Å². The summed E-state index contributed by atoms with van der Waals surface area (Å²) in [6.07, 6.45) is 0. The first kappa shape index (κ1) is 15.6. The molecule has 1 saturated heterocycles. The minimum absolute atomic E-state index is 0.227. The number of fused-ring (bicyclic) bond motifs is 4. The number of rotatable bonds is 4. The maximum atomic E-state index is 12.7. The highest BCUT2D eigenvalue weighted by molar-refractivity contribution is 9.11. The fraction of sp³-hybridized carbons (Fsp3) is 0.250. The monoisotopic (exact) mass is 407 g/mol. The van der Waals surface area contributed by atoms with Crippen LogP contribution in [0.3, 0.4) is 0 Å². The third-order valence-corrected chi connectivity index (χ3v) is 5.96. The standard InChI is InChI=1S/C16H14BrN3O3S/c17-12-6-10-11-7-19(13(15(18)21)14(10)24-12)16(22)20(11)23-8-9-4-2-1-3-5-9/h1-6,11,13H,7-8H2,(H2,18,21)/t11-,13-/m0/s1. The number of thiophene rings is 1. The van der Waals surface area contributed by atoms with Crippen LogP contribution in [0.5, 0.6) is 0 Å². The van der Waals surface area contributed by atoms with Gasteiger partial charge in [0.25, 0.3) is 0 Å². The van der Waals surface area contributed by atoms with Crippen molar-refractivity contribution >= 4 is 39.2 Å². The molecule has 0 unspecified atom stereocenters. The van der Waals surface area contributed by atoms with E-state index in [9.17, 15) is 9.59 Å². The van der Waals surface area contributed by atoms with E-state index >= 15 is 0 Å². The molecule has 2 N–H and O–H groups in total. The number of primary amides is 1. The average Bonchev–Trinajstić information content (AvgIpc) is 3.07. The van der Waals surface area contributed by atoms with E-state index in [1.165, 1.54) is 21.3 Å². The Kier molecular flexibility index (Phi) is 3.82. The molecule has 0 aliphatic carbocycles. The number of nitrogens with two attached hydrogens (primary N) is 1. The van der Waals surface area contributed by atoms with Crippen LogP contribution in [0.15, 0.2) is 40.2 Å². The molecule has 0 radical (unpaired) electrons. The molecular formula is C16H14BrN3O3S. The summed E-state index contributed by atoms with van der Waals surface area (Å²) in [6.45, 7) is 0.691. The van der Waals surface area contributed by atoms with Crippen LogP contribution in [-0.2, 0) is 16.2 Å². The minimum Gasteiger partial charge on any atom is -0.368 e. The second-order valence-electron chi connectivity index (χ2n) is 5.71. The number of nitrogens with zero attached hydrogens (tertiary/aromatic N) is 2.